The van der Waals surface area contributed by atoms with Crippen molar-refractivity contribution in [3.8, 4) is 11.8 Å². The molecule has 2 aromatic carbocycles. The summed E-state index contributed by atoms with van der Waals surface area (Å²) in [7, 11) is 1.60. The molecule has 8 heteroatoms. The fourth-order valence-corrected chi connectivity index (χ4v) is 3.24. The van der Waals surface area contributed by atoms with Crippen LogP contribution in [0.1, 0.15) is 22.3 Å². The average molecular weight is 405 g/mol. The molecule has 0 bridgehead atoms. The van der Waals surface area contributed by atoms with Gasteiger partial charge in [0.05, 0.1) is 18.1 Å². The zero-order valence-electron chi connectivity index (χ0n) is 16.0. The Morgan fingerprint density at radius 3 is 2.57 bits per heavy atom. The number of aromatic nitrogens is 3. The molecule has 0 amide bonds. The van der Waals surface area contributed by atoms with Crippen molar-refractivity contribution < 1.29 is 13.5 Å². The monoisotopic (exact) mass is 405 g/mol. The van der Waals surface area contributed by atoms with Crippen molar-refractivity contribution in [3.63, 3.8) is 0 Å². The molecular weight excluding hydrogens is 388 g/mol. The van der Waals surface area contributed by atoms with E-state index in [0.29, 0.717) is 34.4 Å². The molecular formula is C22H17F2N5O. The molecule has 150 valence electrons. The summed E-state index contributed by atoms with van der Waals surface area (Å²) >= 11 is 0. The van der Waals surface area contributed by atoms with Gasteiger partial charge in [0, 0.05) is 12.7 Å². The Kier molecular flexibility index (Phi) is 5.26. The molecule has 0 unspecified atom stereocenters. The standard InChI is InChI=1S/C22H17F2N5O/c1-30-16-5-2-13(3-6-16)8-17-15(10-25)12-27-22-20(17)21(28-29-22)26-11-14-4-7-18(23)19(24)9-14/h2-7,9,12H,8,11H2,1H3,(H2,26,27,28,29). The van der Waals surface area contributed by atoms with Crippen molar-refractivity contribution in [3.05, 3.63) is 82.5 Å². The molecule has 4 rings (SSSR count). The number of anilines is 1. The van der Waals surface area contributed by atoms with E-state index in [-0.39, 0.29) is 6.54 Å². The van der Waals surface area contributed by atoms with Crippen molar-refractivity contribution in [1.29, 1.82) is 5.26 Å². The van der Waals surface area contributed by atoms with Crippen LogP contribution in [0.15, 0.2) is 48.7 Å². The number of nitriles is 1. The minimum absolute atomic E-state index is 0.232. The lowest BCUT2D eigenvalue weighted by molar-refractivity contribution is 0.414. The number of aromatic amines is 1. The molecule has 0 spiro atoms. The molecule has 2 N–H and O–H groups in total. The molecule has 0 fully saturated rings. The Labute approximate surface area is 171 Å². The highest BCUT2D eigenvalue weighted by molar-refractivity contribution is 5.92. The van der Waals surface area contributed by atoms with Gasteiger partial charge in [-0.1, -0.05) is 18.2 Å². The topological polar surface area (TPSA) is 86.6 Å². The van der Waals surface area contributed by atoms with Crippen LogP contribution in [0.4, 0.5) is 14.6 Å². The van der Waals surface area contributed by atoms with E-state index in [2.05, 4.69) is 26.6 Å². The third-order valence-corrected chi connectivity index (χ3v) is 4.80. The van der Waals surface area contributed by atoms with Gasteiger partial charge in [-0.15, -0.1) is 0 Å². The van der Waals surface area contributed by atoms with Gasteiger partial charge in [-0.2, -0.15) is 10.4 Å². The second-order valence-electron chi connectivity index (χ2n) is 6.68. The predicted octanol–water partition coefficient (Wildman–Crippen LogP) is 4.32. The fraction of sp³-hybridized carbons (Fsp3) is 0.136. The number of pyridine rings is 1. The summed E-state index contributed by atoms with van der Waals surface area (Å²) in [4.78, 5) is 4.27. The lowest BCUT2D eigenvalue weighted by atomic mass is 9.99. The van der Waals surface area contributed by atoms with Gasteiger partial charge >= 0.3 is 0 Å². The van der Waals surface area contributed by atoms with E-state index in [1.807, 2.05) is 24.3 Å². The van der Waals surface area contributed by atoms with Crippen LogP contribution in [0.25, 0.3) is 11.0 Å². The maximum atomic E-state index is 13.5. The normalized spacial score (nSPS) is 10.7. The van der Waals surface area contributed by atoms with E-state index in [1.165, 1.54) is 12.3 Å². The maximum absolute atomic E-state index is 13.5. The van der Waals surface area contributed by atoms with Crippen LogP contribution in [-0.2, 0) is 13.0 Å². The first kappa shape index (κ1) is 19.3. The maximum Gasteiger partial charge on any atom is 0.159 e. The molecule has 0 radical (unpaired) electrons. The van der Waals surface area contributed by atoms with Gasteiger partial charge in [-0.05, 0) is 47.4 Å². The zero-order chi connectivity index (χ0) is 21.1. The highest BCUT2D eigenvalue weighted by Gasteiger charge is 2.16. The van der Waals surface area contributed by atoms with E-state index in [0.717, 1.165) is 29.0 Å². The highest BCUT2D eigenvalue weighted by atomic mass is 19.2. The van der Waals surface area contributed by atoms with E-state index < -0.39 is 11.6 Å². The molecule has 6 nitrogen and oxygen atoms in total. The molecule has 0 saturated heterocycles. The first-order valence-corrected chi connectivity index (χ1v) is 9.16. The number of fused-ring (bicyclic) bond motifs is 1. The summed E-state index contributed by atoms with van der Waals surface area (Å²) in [5.41, 5.74) is 3.30. The number of hydrogen-bond acceptors (Lipinski definition) is 5. The van der Waals surface area contributed by atoms with Crippen LogP contribution in [0.3, 0.4) is 0 Å². The van der Waals surface area contributed by atoms with Gasteiger partial charge in [0.1, 0.15) is 11.8 Å². The van der Waals surface area contributed by atoms with E-state index in [9.17, 15) is 14.0 Å². The summed E-state index contributed by atoms with van der Waals surface area (Å²) in [6.07, 6.45) is 2.00. The quantitative estimate of drug-likeness (QED) is 0.499. The first-order valence-electron chi connectivity index (χ1n) is 9.16. The number of nitrogens with one attached hydrogen (secondary N) is 2. The van der Waals surface area contributed by atoms with Crippen molar-refractivity contribution in [1.82, 2.24) is 15.2 Å². The lowest BCUT2D eigenvalue weighted by Gasteiger charge is -2.10. The molecule has 0 aliphatic rings. The van der Waals surface area contributed by atoms with Crippen LogP contribution >= 0.6 is 0 Å². The lowest BCUT2D eigenvalue weighted by Crippen LogP contribution is -2.03. The summed E-state index contributed by atoms with van der Waals surface area (Å²) in [5, 5.41) is 20.5. The molecule has 30 heavy (non-hydrogen) atoms. The summed E-state index contributed by atoms with van der Waals surface area (Å²) in [6, 6.07) is 13.5. The van der Waals surface area contributed by atoms with Gasteiger partial charge < -0.3 is 10.1 Å². The predicted molar refractivity (Wildman–Crippen MR) is 108 cm³/mol. The molecule has 4 aromatic rings. The smallest absolute Gasteiger partial charge is 0.159 e. The fourth-order valence-electron chi connectivity index (χ4n) is 3.24. The average Bonchev–Trinajstić information content (AvgIpc) is 3.19. The molecule has 0 saturated carbocycles. The van der Waals surface area contributed by atoms with E-state index >= 15 is 0 Å². The number of H-pyrrole nitrogens is 1. The number of halogens is 2. The number of methoxy groups -OCH3 is 1. The summed E-state index contributed by atoms with van der Waals surface area (Å²) in [5.74, 6) is -0.567. The van der Waals surface area contributed by atoms with Gasteiger partial charge in [0.2, 0.25) is 0 Å². The van der Waals surface area contributed by atoms with Crippen molar-refractivity contribution in [2.75, 3.05) is 12.4 Å². The van der Waals surface area contributed by atoms with Crippen molar-refractivity contribution in [2.24, 2.45) is 0 Å². The van der Waals surface area contributed by atoms with Gasteiger partial charge in [0.15, 0.2) is 23.1 Å². The third kappa shape index (κ3) is 3.78. The zero-order valence-corrected chi connectivity index (χ0v) is 16.0. The Hall–Kier alpha value is -3.99. The minimum atomic E-state index is -0.908. The summed E-state index contributed by atoms with van der Waals surface area (Å²) in [6.45, 7) is 0.232. The van der Waals surface area contributed by atoms with Crippen molar-refractivity contribution >= 4 is 16.9 Å². The minimum Gasteiger partial charge on any atom is -0.497 e. The second-order valence-corrected chi connectivity index (χ2v) is 6.68. The highest BCUT2D eigenvalue weighted by Crippen LogP contribution is 2.29. The van der Waals surface area contributed by atoms with Crippen LogP contribution in [0.5, 0.6) is 5.75 Å². The number of benzene rings is 2. The Bertz CT molecular complexity index is 1250. The Balaban J connectivity index is 1.68. The van der Waals surface area contributed by atoms with Crippen LogP contribution in [0, 0.1) is 23.0 Å². The molecule has 0 atom stereocenters. The van der Waals surface area contributed by atoms with E-state index in [1.54, 1.807) is 7.11 Å². The Morgan fingerprint density at radius 2 is 1.87 bits per heavy atom. The largest absolute Gasteiger partial charge is 0.497 e. The van der Waals surface area contributed by atoms with Crippen LogP contribution in [-0.4, -0.2) is 22.3 Å². The number of ether oxygens (including phenoxy) is 1. The van der Waals surface area contributed by atoms with Gasteiger partial charge in [-0.25, -0.2) is 13.8 Å². The first-order chi connectivity index (χ1) is 14.6. The molecule has 2 heterocycles. The Morgan fingerprint density at radius 1 is 1.10 bits per heavy atom. The molecule has 0 aliphatic heterocycles. The van der Waals surface area contributed by atoms with E-state index in [4.69, 9.17) is 4.74 Å². The van der Waals surface area contributed by atoms with Gasteiger partial charge in [-0.3, -0.25) is 5.10 Å². The SMILES string of the molecule is COc1ccc(Cc2c(C#N)cnc3[nH]nc(NCc4ccc(F)c(F)c4)c23)cc1. The van der Waals surface area contributed by atoms with Crippen LogP contribution in [0.2, 0.25) is 0 Å². The molecule has 2 aromatic heterocycles. The second kappa shape index (κ2) is 8.17. The summed E-state index contributed by atoms with van der Waals surface area (Å²) < 4.78 is 31.8. The number of rotatable bonds is 6. The van der Waals surface area contributed by atoms with Crippen molar-refractivity contribution in [2.45, 2.75) is 13.0 Å². The molecule has 0 aliphatic carbocycles. The number of hydrogen-bond donors (Lipinski definition) is 2. The van der Waals surface area contributed by atoms with Crippen LogP contribution < -0.4 is 10.1 Å². The third-order valence-electron chi connectivity index (χ3n) is 4.80. The number of nitrogens with zero attached hydrogens (tertiary/aromatic N) is 3. The van der Waals surface area contributed by atoms with Gasteiger partial charge in [0.25, 0.3) is 0 Å².